The Balaban J connectivity index is 2.44. The lowest BCUT2D eigenvalue weighted by molar-refractivity contribution is -0.138. The van der Waals surface area contributed by atoms with Gasteiger partial charge in [0.1, 0.15) is 11.4 Å². The van der Waals surface area contributed by atoms with Crippen LogP contribution in [-0.4, -0.2) is 11.3 Å². The van der Waals surface area contributed by atoms with Crippen molar-refractivity contribution in [3.63, 3.8) is 0 Å². The van der Waals surface area contributed by atoms with Gasteiger partial charge >= 0.3 is 6.18 Å². The first kappa shape index (κ1) is 12.1. The van der Waals surface area contributed by atoms with Crippen LogP contribution in [0.2, 0.25) is 0 Å². The monoisotopic (exact) mass is 222 g/mol. The minimum absolute atomic E-state index is 0.0278. The summed E-state index contributed by atoms with van der Waals surface area (Å²) in [5.74, 6) is 0.296. The van der Waals surface area contributed by atoms with E-state index in [-0.39, 0.29) is 12.8 Å². The highest BCUT2D eigenvalue weighted by Crippen LogP contribution is 2.30. The van der Waals surface area contributed by atoms with Gasteiger partial charge in [0.15, 0.2) is 0 Å². The van der Waals surface area contributed by atoms with Crippen molar-refractivity contribution in [2.75, 3.05) is 0 Å². The van der Waals surface area contributed by atoms with Crippen molar-refractivity contribution in [3.8, 4) is 0 Å². The third-order valence-electron chi connectivity index (χ3n) is 2.18. The molecule has 0 radical (unpaired) electrons. The zero-order chi connectivity index (χ0) is 11.5. The highest BCUT2D eigenvalue weighted by Gasteiger charge is 2.30. The molecule has 0 aliphatic heterocycles. The quantitative estimate of drug-likeness (QED) is 0.848. The molecule has 0 amide bonds. The molecule has 0 aliphatic rings. The maximum atomic E-state index is 11.9. The molecule has 0 saturated heterocycles. The third kappa shape index (κ3) is 3.95. The van der Waals surface area contributed by atoms with E-state index >= 15 is 0 Å². The summed E-state index contributed by atoms with van der Waals surface area (Å²) < 4.78 is 40.6. The molecular weight excluding hydrogens is 209 g/mol. The van der Waals surface area contributed by atoms with Gasteiger partial charge in [0.25, 0.3) is 0 Å². The molecule has 0 bridgehead atoms. The molecule has 0 aliphatic carbocycles. The van der Waals surface area contributed by atoms with Gasteiger partial charge in [0, 0.05) is 6.42 Å². The molecule has 5 heteroatoms. The number of halogens is 3. The van der Waals surface area contributed by atoms with Crippen LogP contribution in [0, 0.1) is 0 Å². The molecule has 0 spiro atoms. The highest BCUT2D eigenvalue weighted by molar-refractivity contribution is 5.07. The van der Waals surface area contributed by atoms with Gasteiger partial charge in [-0.25, -0.2) is 0 Å². The molecule has 1 unspecified atom stereocenters. The van der Waals surface area contributed by atoms with Crippen LogP contribution in [0.15, 0.2) is 22.8 Å². The summed E-state index contributed by atoms with van der Waals surface area (Å²) in [5, 5.41) is 9.81. The average molecular weight is 222 g/mol. The lowest BCUT2D eigenvalue weighted by Gasteiger charge is -2.20. The molecule has 86 valence electrons. The van der Waals surface area contributed by atoms with Crippen LogP contribution in [0.3, 0.4) is 0 Å². The van der Waals surface area contributed by atoms with E-state index < -0.39 is 18.2 Å². The summed E-state index contributed by atoms with van der Waals surface area (Å²) in [5.41, 5.74) is -1.32. The van der Waals surface area contributed by atoms with E-state index in [1.54, 1.807) is 12.1 Å². The van der Waals surface area contributed by atoms with Crippen LogP contribution in [0.25, 0.3) is 0 Å². The summed E-state index contributed by atoms with van der Waals surface area (Å²) in [6.45, 7) is 1.45. The third-order valence-corrected chi connectivity index (χ3v) is 2.18. The fourth-order valence-corrected chi connectivity index (χ4v) is 1.34. The molecule has 1 heterocycles. The number of aliphatic hydroxyl groups is 1. The predicted molar refractivity (Wildman–Crippen MR) is 48.2 cm³/mol. The fraction of sp³-hybridized carbons (Fsp3) is 0.600. The number of hydrogen-bond acceptors (Lipinski definition) is 2. The van der Waals surface area contributed by atoms with Crippen molar-refractivity contribution in [1.82, 2.24) is 0 Å². The van der Waals surface area contributed by atoms with Gasteiger partial charge in [0.05, 0.1) is 6.26 Å². The molecule has 15 heavy (non-hydrogen) atoms. The lowest BCUT2D eigenvalue weighted by atomic mass is 9.96. The van der Waals surface area contributed by atoms with E-state index in [1.807, 2.05) is 0 Å². The first-order valence-corrected chi connectivity index (χ1v) is 4.64. The van der Waals surface area contributed by atoms with E-state index in [0.29, 0.717) is 5.76 Å². The molecule has 0 fully saturated rings. The SMILES string of the molecule is CC(O)(CCCC(F)(F)F)c1ccco1. The van der Waals surface area contributed by atoms with Crippen molar-refractivity contribution in [2.24, 2.45) is 0 Å². The summed E-state index contributed by atoms with van der Waals surface area (Å²) in [6.07, 6.45) is -3.76. The molecular formula is C10H13F3O2. The second kappa shape index (κ2) is 4.26. The van der Waals surface area contributed by atoms with Crippen LogP contribution in [0.5, 0.6) is 0 Å². The Bertz CT molecular complexity index is 288. The summed E-state index contributed by atoms with van der Waals surface area (Å²) in [7, 11) is 0. The van der Waals surface area contributed by atoms with Crippen molar-refractivity contribution in [3.05, 3.63) is 24.2 Å². The Morgan fingerprint density at radius 1 is 1.33 bits per heavy atom. The average Bonchev–Trinajstić information content (AvgIpc) is 2.52. The van der Waals surface area contributed by atoms with Crippen molar-refractivity contribution >= 4 is 0 Å². The molecule has 0 saturated carbocycles. The van der Waals surface area contributed by atoms with E-state index in [1.165, 1.54) is 13.2 Å². The first-order chi connectivity index (χ1) is 6.81. The predicted octanol–water partition coefficient (Wildman–Crippen LogP) is 3.22. The first-order valence-electron chi connectivity index (χ1n) is 4.64. The van der Waals surface area contributed by atoms with Gasteiger partial charge in [-0.2, -0.15) is 13.2 Å². The summed E-state index contributed by atoms with van der Waals surface area (Å²) in [6, 6.07) is 3.14. The topological polar surface area (TPSA) is 33.4 Å². The van der Waals surface area contributed by atoms with Gasteiger partial charge in [-0.05, 0) is 31.9 Å². The molecule has 1 N–H and O–H groups in total. The van der Waals surface area contributed by atoms with Crippen LogP contribution in [0.1, 0.15) is 31.9 Å². The second-order valence-corrected chi connectivity index (χ2v) is 3.72. The van der Waals surface area contributed by atoms with Crippen molar-refractivity contribution in [2.45, 2.75) is 38.0 Å². The fourth-order valence-electron chi connectivity index (χ4n) is 1.34. The molecule has 1 atom stereocenters. The number of rotatable bonds is 4. The Morgan fingerprint density at radius 2 is 2.00 bits per heavy atom. The zero-order valence-electron chi connectivity index (χ0n) is 8.34. The minimum Gasteiger partial charge on any atom is -0.466 e. The van der Waals surface area contributed by atoms with Gasteiger partial charge in [-0.1, -0.05) is 0 Å². The Labute approximate surface area is 85.7 Å². The van der Waals surface area contributed by atoms with Gasteiger partial charge in [-0.15, -0.1) is 0 Å². The molecule has 1 aromatic heterocycles. The zero-order valence-corrected chi connectivity index (χ0v) is 8.34. The Hall–Kier alpha value is -0.970. The molecule has 1 aromatic rings. The second-order valence-electron chi connectivity index (χ2n) is 3.72. The lowest BCUT2D eigenvalue weighted by Crippen LogP contribution is -2.21. The maximum Gasteiger partial charge on any atom is 0.389 e. The largest absolute Gasteiger partial charge is 0.466 e. The highest BCUT2D eigenvalue weighted by atomic mass is 19.4. The minimum atomic E-state index is -4.17. The van der Waals surface area contributed by atoms with Crippen LogP contribution < -0.4 is 0 Å². The number of furan rings is 1. The van der Waals surface area contributed by atoms with Crippen LogP contribution >= 0.6 is 0 Å². The summed E-state index contributed by atoms with van der Waals surface area (Å²) >= 11 is 0. The van der Waals surface area contributed by atoms with Crippen LogP contribution in [0.4, 0.5) is 13.2 Å². The number of alkyl halides is 3. The Kier molecular flexibility index (Phi) is 3.44. The smallest absolute Gasteiger partial charge is 0.389 e. The number of hydrogen-bond donors (Lipinski definition) is 1. The normalized spacial score (nSPS) is 16.3. The molecule has 0 aromatic carbocycles. The van der Waals surface area contributed by atoms with Crippen LogP contribution in [-0.2, 0) is 5.60 Å². The van der Waals surface area contributed by atoms with E-state index in [0.717, 1.165) is 0 Å². The van der Waals surface area contributed by atoms with Crippen molar-refractivity contribution in [1.29, 1.82) is 0 Å². The summed E-state index contributed by atoms with van der Waals surface area (Å²) in [4.78, 5) is 0. The molecule has 1 rings (SSSR count). The van der Waals surface area contributed by atoms with Gasteiger partial charge < -0.3 is 9.52 Å². The maximum absolute atomic E-state index is 11.9. The molecule has 2 nitrogen and oxygen atoms in total. The van der Waals surface area contributed by atoms with E-state index in [4.69, 9.17) is 4.42 Å². The van der Waals surface area contributed by atoms with Crippen molar-refractivity contribution < 1.29 is 22.7 Å². The Morgan fingerprint density at radius 3 is 2.47 bits per heavy atom. The van der Waals surface area contributed by atoms with E-state index in [9.17, 15) is 18.3 Å². The van der Waals surface area contributed by atoms with E-state index in [2.05, 4.69) is 0 Å². The van der Waals surface area contributed by atoms with Gasteiger partial charge in [-0.3, -0.25) is 0 Å². The van der Waals surface area contributed by atoms with Gasteiger partial charge in [0.2, 0.25) is 0 Å². The standard InChI is InChI=1S/C10H13F3O2/c1-9(14,8-4-2-7-15-8)5-3-6-10(11,12)13/h2,4,7,14H,3,5-6H2,1H3.